The summed E-state index contributed by atoms with van der Waals surface area (Å²) in [7, 11) is 0. The number of nitrogens with zero attached hydrogens (tertiary/aromatic N) is 6. The maximum absolute atomic E-state index is 5.70. The van der Waals surface area contributed by atoms with Gasteiger partial charge >= 0.3 is 0 Å². The number of allylic oxidation sites excluding steroid dienone is 1. The van der Waals surface area contributed by atoms with Gasteiger partial charge in [-0.05, 0) is 60.9 Å². The summed E-state index contributed by atoms with van der Waals surface area (Å²) >= 11 is 0. The Morgan fingerprint density at radius 3 is 1.49 bits per heavy atom. The number of fused-ring (bicyclic) bond motifs is 9. The van der Waals surface area contributed by atoms with Gasteiger partial charge in [-0.15, -0.1) is 0 Å². The van der Waals surface area contributed by atoms with Gasteiger partial charge in [-0.25, -0.2) is 15.0 Å². The van der Waals surface area contributed by atoms with Crippen molar-refractivity contribution in [3.63, 3.8) is 0 Å². The van der Waals surface area contributed by atoms with Gasteiger partial charge < -0.3 is 9.13 Å². The van der Waals surface area contributed by atoms with Crippen molar-refractivity contribution in [3.8, 4) is 51.1 Å². The van der Waals surface area contributed by atoms with Crippen LogP contribution in [0.15, 0.2) is 200 Å². The van der Waals surface area contributed by atoms with Crippen LogP contribution in [0, 0.1) is 0 Å². The molecule has 5 aromatic heterocycles. The predicted octanol–water partition coefficient (Wildman–Crippen LogP) is 14.0. The van der Waals surface area contributed by atoms with Gasteiger partial charge in [0.15, 0.2) is 11.6 Å². The van der Waals surface area contributed by atoms with E-state index in [9.17, 15) is 0 Å². The first-order chi connectivity index (χ1) is 31.3. The molecule has 0 radical (unpaired) electrons. The molecular formula is C57H38N6. The van der Waals surface area contributed by atoms with Crippen molar-refractivity contribution in [2.75, 3.05) is 0 Å². The first-order valence-corrected chi connectivity index (χ1v) is 21.6. The number of hydrogen-bond acceptors (Lipinski definition) is 3. The molecule has 1 aliphatic carbocycles. The van der Waals surface area contributed by atoms with Crippen LogP contribution in [-0.4, -0.2) is 28.7 Å². The number of rotatable bonds is 6. The summed E-state index contributed by atoms with van der Waals surface area (Å²) in [6, 6.07) is 66.6. The van der Waals surface area contributed by atoms with Gasteiger partial charge in [-0.1, -0.05) is 158 Å². The standard InChI is InChI=1S/C57H38N6/c1-3-19-37(20-4-1)45-35-46(60-56(59-45)38-21-5-2-6-22-38)54-53(61-47-29-13-7-23-39(47)40-24-8-14-30-48(40)61)36-58-57(63-51-33-17-11-27-43(51)44-28-12-18-34-52(44)63)55(54)62-49-31-15-9-25-41(49)42-26-10-16-32-50(42)62/h1-9,11-25,27-36H,10,26H2. The van der Waals surface area contributed by atoms with E-state index in [0.29, 0.717) is 5.82 Å². The molecule has 0 bridgehead atoms. The zero-order valence-electron chi connectivity index (χ0n) is 34.2. The second-order valence-corrected chi connectivity index (χ2v) is 16.3. The molecule has 63 heavy (non-hydrogen) atoms. The van der Waals surface area contributed by atoms with E-state index in [2.05, 4.69) is 214 Å². The summed E-state index contributed by atoms with van der Waals surface area (Å²) in [6.45, 7) is 0. The first kappa shape index (κ1) is 35.4. The van der Waals surface area contributed by atoms with E-state index in [4.69, 9.17) is 15.0 Å². The molecule has 0 N–H and O–H groups in total. The molecule has 5 heterocycles. The van der Waals surface area contributed by atoms with Crippen molar-refractivity contribution in [3.05, 3.63) is 212 Å². The fourth-order valence-corrected chi connectivity index (χ4v) is 10.1. The topological polar surface area (TPSA) is 53.5 Å². The highest BCUT2D eigenvalue weighted by Gasteiger charge is 2.30. The fraction of sp³-hybridized carbons (Fsp3) is 0.0351. The van der Waals surface area contributed by atoms with Crippen LogP contribution in [0.5, 0.6) is 0 Å². The molecule has 6 heteroatoms. The molecule has 0 spiro atoms. The van der Waals surface area contributed by atoms with Gasteiger partial charge in [0.2, 0.25) is 0 Å². The fourth-order valence-electron chi connectivity index (χ4n) is 10.1. The van der Waals surface area contributed by atoms with E-state index < -0.39 is 0 Å². The molecule has 7 aromatic carbocycles. The smallest absolute Gasteiger partial charge is 0.162 e. The summed E-state index contributed by atoms with van der Waals surface area (Å²) in [5.41, 5.74) is 14.4. The first-order valence-electron chi connectivity index (χ1n) is 21.6. The number of benzene rings is 7. The zero-order chi connectivity index (χ0) is 41.4. The number of para-hydroxylation sites is 5. The lowest BCUT2D eigenvalue weighted by atomic mass is 10.0. The van der Waals surface area contributed by atoms with E-state index in [-0.39, 0.29) is 0 Å². The highest BCUT2D eigenvalue weighted by molar-refractivity contribution is 6.12. The summed E-state index contributed by atoms with van der Waals surface area (Å²) in [5, 5.41) is 5.95. The SMILES string of the molecule is C1=Cc2c(c3ccccc3n2-c2c(-n3c4ccccc4c4ccccc43)ncc(-n3c4ccccc4c4ccccc43)c2-c2cc(-c3ccccc3)nc(-c3ccccc3)n2)CC1. The molecule has 0 aliphatic heterocycles. The molecule has 12 aromatic rings. The third-order valence-corrected chi connectivity index (χ3v) is 12.8. The van der Waals surface area contributed by atoms with Crippen LogP contribution in [-0.2, 0) is 6.42 Å². The van der Waals surface area contributed by atoms with E-state index in [1.807, 2.05) is 6.07 Å². The maximum Gasteiger partial charge on any atom is 0.162 e. The van der Waals surface area contributed by atoms with Crippen molar-refractivity contribution in [2.45, 2.75) is 12.8 Å². The normalized spacial score (nSPS) is 12.6. The highest BCUT2D eigenvalue weighted by atomic mass is 15.1. The number of aryl methyl sites for hydroxylation is 1. The van der Waals surface area contributed by atoms with E-state index in [1.165, 1.54) is 32.5 Å². The Morgan fingerprint density at radius 2 is 0.905 bits per heavy atom. The van der Waals surface area contributed by atoms with E-state index >= 15 is 0 Å². The van der Waals surface area contributed by atoms with Crippen molar-refractivity contribution in [1.29, 1.82) is 0 Å². The Morgan fingerprint density at radius 1 is 0.429 bits per heavy atom. The molecule has 0 saturated carbocycles. The van der Waals surface area contributed by atoms with Gasteiger partial charge in [0.1, 0.15) is 5.69 Å². The Labute approximate surface area is 363 Å². The molecule has 13 rings (SSSR count). The monoisotopic (exact) mass is 806 g/mol. The highest BCUT2D eigenvalue weighted by Crippen LogP contribution is 2.46. The van der Waals surface area contributed by atoms with E-state index in [1.54, 1.807) is 0 Å². The summed E-state index contributed by atoms with van der Waals surface area (Å²) < 4.78 is 7.24. The van der Waals surface area contributed by atoms with Gasteiger partial charge in [-0.3, -0.25) is 4.57 Å². The molecule has 6 nitrogen and oxygen atoms in total. The van der Waals surface area contributed by atoms with Crippen LogP contribution < -0.4 is 0 Å². The quantitative estimate of drug-likeness (QED) is 0.168. The average Bonchev–Trinajstić information content (AvgIpc) is 4.00. The van der Waals surface area contributed by atoms with Crippen molar-refractivity contribution < 1.29 is 0 Å². The Hall–Kier alpha value is -8.35. The molecule has 296 valence electrons. The minimum Gasteiger partial charge on any atom is -0.307 e. The molecule has 0 saturated heterocycles. The van der Waals surface area contributed by atoms with Crippen LogP contribution in [0.4, 0.5) is 0 Å². The zero-order valence-corrected chi connectivity index (χ0v) is 34.2. The lowest BCUT2D eigenvalue weighted by Gasteiger charge is -2.24. The lowest BCUT2D eigenvalue weighted by Crippen LogP contribution is -2.13. The summed E-state index contributed by atoms with van der Waals surface area (Å²) in [5.74, 6) is 1.47. The van der Waals surface area contributed by atoms with Crippen LogP contribution >= 0.6 is 0 Å². The van der Waals surface area contributed by atoms with Gasteiger partial charge in [0.25, 0.3) is 0 Å². The van der Waals surface area contributed by atoms with Crippen LogP contribution in [0.3, 0.4) is 0 Å². The average molecular weight is 807 g/mol. The van der Waals surface area contributed by atoms with E-state index in [0.717, 1.165) is 91.4 Å². The second kappa shape index (κ2) is 14.1. The van der Waals surface area contributed by atoms with Crippen LogP contribution in [0.2, 0.25) is 0 Å². The second-order valence-electron chi connectivity index (χ2n) is 16.3. The Kier molecular flexibility index (Phi) is 7.93. The van der Waals surface area contributed by atoms with Gasteiger partial charge in [0, 0.05) is 43.8 Å². The van der Waals surface area contributed by atoms with Crippen molar-refractivity contribution in [1.82, 2.24) is 28.7 Å². The molecule has 0 atom stereocenters. The van der Waals surface area contributed by atoms with Gasteiger partial charge in [0.05, 0.1) is 56.4 Å². The summed E-state index contributed by atoms with van der Waals surface area (Å²) in [6.07, 6.45) is 8.64. The van der Waals surface area contributed by atoms with Crippen molar-refractivity contribution >= 4 is 60.6 Å². The molecule has 0 amide bonds. The third kappa shape index (κ3) is 5.41. The minimum absolute atomic E-state index is 0.653. The van der Waals surface area contributed by atoms with Crippen LogP contribution in [0.1, 0.15) is 17.7 Å². The Balaban J connectivity index is 1.28. The van der Waals surface area contributed by atoms with Gasteiger partial charge in [-0.2, -0.15) is 0 Å². The molecule has 0 fully saturated rings. The van der Waals surface area contributed by atoms with Crippen LogP contribution in [0.25, 0.3) is 112 Å². The number of aromatic nitrogens is 6. The van der Waals surface area contributed by atoms with Crippen molar-refractivity contribution in [2.24, 2.45) is 0 Å². The maximum atomic E-state index is 5.70. The largest absolute Gasteiger partial charge is 0.307 e. The predicted molar refractivity (Wildman–Crippen MR) is 259 cm³/mol. The molecular weight excluding hydrogens is 769 g/mol. The third-order valence-electron chi connectivity index (χ3n) is 12.8. The lowest BCUT2D eigenvalue weighted by molar-refractivity contribution is 0.947. The number of pyridine rings is 1. The molecule has 1 aliphatic rings. The summed E-state index contributed by atoms with van der Waals surface area (Å²) in [4.78, 5) is 16.7. The number of hydrogen-bond donors (Lipinski definition) is 0. The minimum atomic E-state index is 0.653. The molecule has 0 unspecified atom stereocenters. The Bertz CT molecular complexity index is 3630.